The molecule has 0 aromatic carbocycles. The number of amides is 1. The average Bonchev–Trinajstić information content (AvgIpc) is 2.28. The molecule has 0 aromatic rings. The second-order valence-corrected chi connectivity index (χ2v) is 5.69. The topological polar surface area (TPSA) is 87.7 Å². The van der Waals surface area contributed by atoms with Gasteiger partial charge < -0.3 is 16.3 Å². The first kappa shape index (κ1) is 13.8. The third kappa shape index (κ3) is 3.11. The second-order valence-electron chi connectivity index (χ2n) is 5.69. The van der Waals surface area contributed by atoms with Gasteiger partial charge in [-0.05, 0) is 33.6 Å². The number of rotatable bonds is 3. The van der Waals surface area contributed by atoms with Crippen LogP contribution in [0.5, 0.6) is 0 Å². The molecule has 1 amide bonds. The SMILES string of the molecule is CC1(NC(=O)C(C)(C)C(N)=NO)CCCCC1. The number of nitrogens with zero attached hydrogens (tertiary/aromatic N) is 1. The highest BCUT2D eigenvalue weighted by molar-refractivity contribution is 6.06. The van der Waals surface area contributed by atoms with Crippen LogP contribution in [0.25, 0.3) is 0 Å². The molecule has 0 heterocycles. The minimum absolute atomic E-state index is 0.0607. The van der Waals surface area contributed by atoms with Crippen LogP contribution in [-0.2, 0) is 4.79 Å². The highest BCUT2D eigenvalue weighted by Gasteiger charge is 2.37. The van der Waals surface area contributed by atoms with Gasteiger partial charge in [-0.3, -0.25) is 4.79 Å². The van der Waals surface area contributed by atoms with Crippen LogP contribution in [0.3, 0.4) is 0 Å². The van der Waals surface area contributed by atoms with Gasteiger partial charge in [-0.15, -0.1) is 0 Å². The Labute approximate surface area is 102 Å². The van der Waals surface area contributed by atoms with Crippen molar-refractivity contribution in [2.75, 3.05) is 0 Å². The molecule has 0 bridgehead atoms. The van der Waals surface area contributed by atoms with Gasteiger partial charge in [-0.2, -0.15) is 0 Å². The van der Waals surface area contributed by atoms with E-state index in [2.05, 4.69) is 17.4 Å². The van der Waals surface area contributed by atoms with Crippen LogP contribution in [0.1, 0.15) is 52.9 Å². The van der Waals surface area contributed by atoms with Crippen LogP contribution < -0.4 is 11.1 Å². The van der Waals surface area contributed by atoms with Crippen LogP contribution in [0.15, 0.2) is 5.16 Å². The first-order valence-corrected chi connectivity index (χ1v) is 6.12. The predicted molar refractivity (Wildman–Crippen MR) is 66.8 cm³/mol. The third-order valence-corrected chi connectivity index (χ3v) is 3.69. The summed E-state index contributed by atoms with van der Waals surface area (Å²) in [6, 6.07) is 0. The van der Waals surface area contributed by atoms with E-state index in [0.717, 1.165) is 25.7 Å². The monoisotopic (exact) mass is 241 g/mol. The molecule has 98 valence electrons. The largest absolute Gasteiger partial charge is 0.409 e. The fourth-order valence-corrected chi connectivity index (χ4v) is 2.13. The molecule has 5 nitrogen and oxygen atoms in total. The fourth-order valence-electron chi connectivity index (χ4n) is 2.13. The summed E-state index contributed by atoms with van der Waals surface area (Å²) in [5.41, 5.74) is 4.41. The number of carbonyl (C=O) groups excluding carboxylic acids is 1. The highest BCUT2D eigenvalue weighted by Crippen LogP contribution is 2.29. The summed E-state index contributed by atoms with van der Waals surface area (Å²) in [7, 11) is 0. The lowest BCUT2D eigenvalue weighted by Gasteiger charge is -2.37. The van der Waals surface area contributed by atoms with Crippen LogP contribution in [0, 0.1) is 5.41 Å². The van der Waals surface area contributed by atoms with Gasteiger partial charge in [0.15, 0.2) is 5.84 Å². The van der Waals surface area contributed by atoms with Gasteiger partial charge in [0.2, 0.25) is 5.91 Å². The lowest BCUT2D eigenvalue weighted by Crippen LogP contribution is -2.54. The van der Waals surface area contributed by atoms with Crippen molar-refractivity contribution in [3.05, 3.63) is 0 Å². The van der Waals surface area contributed by atoms with Gasteiger partial charge in [-0.1, -0.05) is 24.4 Å². The van der Waals surface area contributed by atoms with Crippen molar-refractivity contribution >= 4 is 11.7 Å². The van der Waals surface area contributed by atoms with Gasteiger partial charge in [-0.25, -0.2) is 0 Å². The molecule has 1 aliphatic carbocycles. The van der Waals surface area contributed by atoms with E-state index in [0.29, 0.717) is 0 Å². The van der Waals surface area contributed by atoms with Gasteiger partial charge in [0, 0.05) is 5.54 Å². The molecule has 0 spiro atoms. The van der Waals surface area contributed by atoms with E-state index in [1.165, 1.54) is 6.42 Å². The predicted octanol–water partition coefficient (Wildman–Crippen LogP) is 1.60. The lowest BCUT2D eigenvalue weighted by molar-refractivity contribution is -0.128. The van der Waals surface area contributed by atoms with E-state index in [1.807, 2.05) is 0 Å². The molecule has 0 saturated heterocycles. The van der Waals surface area contributed by atoms with Crippen LogP contribution in [0.2, 0.25) is 0 Å². The summed E-state index contributed by atoms with van der Waals surface area (Å²) in [6.07, 6.45) is 5.49. The number of oxime groups is 1. The first-order chi connectivity index (χ1) is 7.82. The van der Waals surface area contributed by atoms with Crippen molar-refractivity contribution in [3.63, 3.8) is 0 Å². The Morgan fingerprint density at radius 1 is 1.35 bits per heavy atom. The Hall–Kier alpha value is -1.26. The molecule has 0 unspecified atom stereocenters. The summed E-state index contributed by atoms with van der Waals surface area (Å²) in [4.78, 5) is 12.2. The third-order valence-electron chi connectivity index (χ3n) is 3.69. The molecule has 17 heavy (non-hydrogen) atoms. The standard InChI is InChI=1S/C12H23N3O2/c1-11(2,9(13)15-17)10(16)14-12(3)7-5-4-6-8-12/h17H,4-8H2,1-3H3,(H2,13,15)(H,14,16). The zero-order chi connectivity index (χ0) is 13.1. The minimum Gasteiger partial charge on any atom is -0.409 e. The smallest absolute Gasteiger partial charge is 0.233 e. The quantitative estimate of drug-likeness (QED) is 0.303. The number of amidine groups is 1. The molecule has 1 aliphatic rings. The summed E-state index contributed by atoms with van der Waals surface area (Å²) >= 11 is 0. The van der Waals surface area contributed by atoms with E-state index in [-0.39, 0.29) is 17.3 Å². The van der Waals surface area contributed by atoms with E-state index in [4.69, 9.17) is 10.9 Å². The van der Waals surface area contributed by atoms with Crippen molar-refractivity contribution < 1.29 is 10.0 Å². The molecule has 0 radical (unpaired) electrons. The van der Waals surface area contributed by atoms with E-state index in [1.54, 1.807) is 13.8 Å². The average molecular weight is 241 g/mol. The Kier molecular flexibility index (Phi) is 4.01. The number of hydrogen-bond acceptors (Lipinski definition) is 3. The van der Waals surface area contributed by atoms with Crippen LogP contribution in [-0.4, -0.2) is 22.5 Å². The number of carbonyl (C=O) groups is 1. The van der Waals surface area contributed by atoms with E-state index >= 15 is 0 Å². The Morgan fingerprint density at radius 3 is 2.35 bits per heavy atom. The summed E-state index contributed by atoms with van der Waals surface area (Å²) in [6.45, 7) is 5.37. The number of nitrogens with one attached hydrogen (secondary N) is 1. The lowest BCUT2D eigenvalue weighted by atomic mass is 9.81. The zero-order valence-corrected chi connectivity index (χ0v) is 10.9. The van der Waals surface area contributed by atoms with Gasteiger partial charge in [0.05, 0.1) is 0 Å². The Bertz CT molecular complexity index is 318. The molecule has 4 N–H and O–H groups in total. The second kappa shape index (κ2) is 4.94. The molecule has 1 rings (SSSR count). The van der Waals surface area contributed by atoms with Crippen molar-refractivity contribution in [1.29, 1.82) is 0 Å². The molecular formula is C12H23N3O2. The van der Waals surface area contributed by atoms with Crippen molar-refractivity contribution in [3.8, 4) is 0 Å². The molecule has 5 heteroatoms. The van der Waals surface area contributed by atoms with Gasteiger partial charge in [0.25, 0.3) is 0 Å². The Balaban J connectivity index is 2.71. The molecule has 0 atom stereocenters. The zero-order valence-electron chi connectivity index (χ0n) is 10.9. The van der Waals surface area contributed by atoms with Gasteiger partial charge in [0.1, 0.15) is 5.41 Å². The van der Waals surface area contributed by atoms with Crippen LogP contribution >= 0.6 is 0 Å². The van der Waals surface area contributed by atoms with Crippen molar-refractivity contribution in [1.82, 2.24) is 5.32 Å². The van der Waals surface area contributed by atoms with E-state index in [9.17, 15) is 4.79 Å². The van der Waals surface area contributed by atoms with Gasteiger partial charge >= 0.3 is 0 Å². The van der Waals surface area contributed by atoms with Crippen molar-refractivity contribution in [2.24, 2.45) is 16.3 Å². The maximum absolute atomic E-state index is 12.2. The number of nitrogens with two attached hydrogens (primary N) is 1. The van der Waals surface area contributed by atoms with Crippen molar-refractivity contribution in [2.45, 2.75) is 58.4 Å². The van der Waals surface area contributed by atoms with Crippen LogP contribution in [0.4, 0.5) is 0 Å². The maximum atomic E-state index is 12.2. The Morgan fingerprint density at radius 2 is 1.88 bits per heavy atom. The fraction of sp³-hybridized carbons (Fsp3) is 0.833. The molecular weight excluding hydrogens is 218 g/mol. The normalized spacial score (nSPS) is 21.0. The van der Waals surface area contributed by atoms with E-state index < -0.39 is 5.41 Å². The molecule has 0 aromatic heterocycles. The molecule has 0 aliphatic heterocycles. The summed E-state index contributed by atoms with van der Waals surface area (Å²) < 4.78 is 0. The maximum Gasteiger partial charge on any atom is 0.233 e. The summed E-state index contributed by atoms with van der Waals surface area (Å²) in [5, 5.41) is 14.6. The number of hydrogen-bond donors (Lipinski definition) is 3. The highest BCUT2D eigenvalue weighted by atomic mass is 16.4. The molecule has 1 fully saturated rings. The molecule has 1 saturated carbocycles. The first-order valence-electron chi connectivity index (χ1n) is 6.12. The minimum atomic E-state index is -0.977. The summed E-state index contributed by atoms with van der Waals surface area (Å²) in [5.74, 6) is -0.244.